The molecule has 0 unspecified atom stereocenters. The molecule has 66 valence electrons. The van der Waals surface area contributed by atoms with Crippen LogP contribution in [0.25, 0.3) is 0 Å². The van der Waals surface area contributed by atoms with Gasteiger partial charge in [0.25, 0.3) is 0 Å². The molecule has 2 N–H and O–H groups in total. The molecule has 12 heavy (non-hydrogen) atoms. The molecule has 0 aromatic carbocycles. The Hall–Kier alpha value is -0.940. The van der Waals surface area contributed by atoms with Crippen LogP contribution in [-0.4, -0.2) is 38.8 Å². The van der Waals surface area contributed by atoms with Crippen molar-refractivity contribution in [3.8, 4) is 0 Å². The minimum atomic E-state index is 0.359. The minimum absolute atomic E-state index is 0.359. The lowest BCUT2D eigenvalue weighted by Crippen LogP contribution is -2.55. The first-order chi connectivity index (χ1) is 5.75. The zero-order valence-corrected chi connectivity index (χ0v) is 7.14. The van der Waals surface area contributed by atoms with Crippen molar-refractivity contribution in [2.24, 2.45) is 12.8 Å². The second-order valence-electron chi connectivity index (χ2n) is 3.31. The third-order valence-corrected chi connectivity index (χ3v) is 2.16. The van der Waals surface area contributed by atoms with Crippen LogP contribution < -0.4 is 5.73 Å². The summed E-state index contributed by atoms with van der Waals surface area (Å²) < 4.78 is 1.93. The Bertz CT molecular complexity index is 263. The average Bonchev–Trinajstić information content (AvgIpc) is 2.33. The number of aryl methyl sites for hydroxylation is 1. The lowest BCUT2D eigenvalue weighted by Gasteiger charge is -2.36. The Morgan fingerprint density at radius 3 is 2.92 bits per heavy atom. The summed E-state index contributed by atoms with van der Waals surface area (Å²) in [6, 6.07) is 0.359. The summed E-state index contributed by atoms with van der Waals surface area (Å²) in [5.41, 5.74) is 5.65. The van der Waals surface area contributed by atoms with E-state index in [2.05, 4.69) is 15.1 Å². The Balaban J connectivity index is 1.92. The molecule has 0 spiro atoms. The first-order valence-electron chi connectivity index (χ1n) is 4.06. The summed E-state index contributed by atoms with van der Waals surface area (Å²) in [5.74, 6) is 1.00. The molecule has 5 nitrogen and oxygen atoms in total. The maximum absolute atomic E-state index is 5.65. The van der Waals surface area contributed by atoms with Crippen molar-refractivity contribution in [1.29, 1.82) is 0 Å². The molecule has 0 bridgehead atoms. The molecule has 1 aliphatic rings. The van der Waals surface area contributed by atoms with Gasteiger partial charge in [0.1, 0.15) is 12.2 Å². The van der Waals surface area contributed by atoms with E-state index in [1.165, 1.54) is 0 Å². The van der Waals surface area contributed by atoms with Crippen LogP contribution in [0.3, 0.4) is 0 Å². The summed E-state index contributed by atoms with van der Waals surface area (Å²) >= 11 is 0. The highest BCUT2D eigenvalue weighted by Crippen LogP contribution is 2.08. The van der Waals surface area contributed by atoms with Gasteiger partial charge in [0.2, 0.25) is 0 Å². The van der Waals surface area contributed by atoms with Gasteiger partial charge in [-0.25, -0.2) is 0 Å². The summed E-state index contributed by atoms with van der Waals surface area (Å²) in [5, 5.41) is 7.80. The Morgan fingerprint density at radius 1 is 1.67 bits per heavy atom. The molecule has 0 amide bonds. The van der Waals surface area contributed by atoms with Gasteiger partial charge in [0, 0.05) is 26.2 Å². The molecule has 0 atom stereocenters. The summed E-state index contributed by atoms with van der Waals surface area (Å²) in [7, 11) is 1.95. The standard InChI is InChI=1S/C7H13N5/c1-11-5-9-10-7(11)4-12-2-6(8)3-12/h5-6H,2-4,8H2,1H3. The van der Waals surface area contributed by atoms with Gasteiger partial charge in [-0.2, -0.15) is 0 Å². The fourth-order valence-corrected chi connectivity index (χ4v) is 1.39. The van der Waals surface area contributed by atoms with Gasteiger partial charge in [-0.15, -0.1) is 10.2 Å². The number of hydrogen-bond acceptors (Lipinski definition) is 4. The van der Waals surface area contributed by atoms with Crippen LogP contribution in [0.1, 0.15) is 5.82 Å². The maximum atomic E-state index is 5.65. The zero-order valence-electron chi connectivity index (χ0n) is 7.14. The number of nitrogens with two attached hydrogens (primary N) is 1. The number of aromatic nitrogens is 3. The first kappa shape index (κ1) is 7.70. The summed E-state index contributed by atoms with van der Waals surface area (Å²) in [4.78, 5) is 2.26. The highest BCUT2D eigenvalue weighted by Gasteiger charge is 2.23. The molecule has 5 heteroatoms. The van der Waals surface area contributed by atoms with Gasteiger partial charge in [0.15, 0.2) is 0 Å². The van der Waals surface area contributed by atoms with Crippen LogP contribution >= 0.6 is 0 Å². The minimum Gasteiger partial charge on any atom is -0.325 e. The fraction of sp³-hybridized carbons (Fsp3) is 0.714. The quantitative estimate of drug-likeness (QED) is 0.611. The lowest BCUT2D eigenvalue weighted by atomic mass is 10.1. The van der Waals surface area contributed by atoms with Crippen molar-refractivity contribution in [3.63, 3.8) is 0 Å². The Kier molecular flexibility index (Phi) is 1.82. The SMILES string of the molecule is Cn1cnnc1CN1CC(N)C1. The van der Waals surface area contributed by atoms with Crippen LogP contribution in [0.15, 0.2) is 6.33 Å². The molecule has 0 aliphatic carbocycles. The van der Waals surface area contributed by atoms with Crippen LogP contribution in [-0.2, 0) is 13.6 Å². The topological polar surface area (TPSA) is 60.0 Å². The van der Waals surface area contributed by atoms with Crippen LogP contribution in [0.5, 0.6) is 0 Å². The summed E-state index contributed by atoms with van der Waals surface area (Å²) in [6.07, 6.45) is 1.72. The van der Waals surface area contributed by atoms with E-state index in [-0.39, 0.29) is 0 Å². The van der Waals surface area contributed by atoms with E-state index >= 15 is 0 Å². The van der Waals surface area contributed by atoms with Crippen LogP contribution in [0, 0.1) is 0 Å². The van der Waals surface area contributed by atoms with Crippen LogP contribution in [0.2, 0.25) is 0 Å². The number of likely N-dealkylation sites (tertiary alicyclic amines) is 1. The highest BCUT2D eigenvalue weighted by atomic mass is 15.3. The molecule has 1 saturated heterocycles. The number of rotatable bonds is 2. The van der Waals surface area contributed by atoms with E-state index in [0.717, 1.165) is 25.5 Å². The molecule has 0 radical (unpaired) electrons. The second-order valence-corrected chi connectivity index (χ2v) is 3.31. The Labute approximate surface area is 71.2 Å². The van der Waals surface area contributed by atoms with E-state index in [9.17, 15) is 0 Å². The maximum Gasteiger partial charge on any atom is 0.146 e. The van der Waals surface area contributed by atoms with E-state index in [1.54, 1.807) is 6.33 Å². The number of hydrogen-bond donors (Lipinski definition) is 1. The van der Waals surface area contributed by atoms with E-state index in [1.807, 2.05) is 11.6 Å². The molecule has 0 saturated carbocycles. The molecule has 1 aliphatic heterocycles. The molecular weight excluding hydrogens is 154 g/mol. The van der Waals surface area contributed by atoms with Crippen molar-refractivity contribution in [2.75, 3.05) is 13.1 Å². The zero-order chi connectivity index (χ0) is 8.55. The smallest absolute Gasteiger partial charge is 0.146 e. The summed E-state index contributed by atoms with van der Waals surface area (Å²) in [6.45, 7) is 2.82. The van der Waals surface area contributed by atoms with Gasteiger partial charge in [-0.05, 0) is 0 Å². The molecule has 1 fully saturated rings. The van der Waals surface area contributed by atoms with Crippen LogP contribution in [0.4, 0.5) is 0 Å². The van der Waals surface area contributed by atoms with Crippen molar-refractivity contribution >= 4 is 0 Å². The third kappa shape index (κ3) is 1.33. The van der Waals surface area contributed by atoms with E-state index < -0.39 is 0 Å². The molecule has 2 heterocycles. The molecule has 1 aromatic heterocycles. The third-order valence-electron chi connectivity index (χ3n) is 2.16. The largest absolute Gasteiger partial charge is 0.325 e. The van der Waals surface area contributed by atoms with Crippen molar-refractivity contribution in [1.82, 2.24) is 19.7 Å². The monoisotopic (exact) mass is 167 g/mol. The lowest BCUT2D eigenvalue weighted by molar-refractivity contribution is 0.137. The van der Waals surface area contributed by atoms with Gasteiger partial charge in [-0.3, -0.25) is 4.90 Å². The normalized spacial score (nSPS) is 19.5. The molecule has 2 rings (SSSR count). The number of nitrogens with zero attached hydrogens (tertiary/aromatic N) is 4. The van der Waals surface area contributed by atoms with Crippen molar-refractivity contribution in [2.45, 2.75) is 12.6 Å². The van der Waals surface area contributed by atoms with E-state index in [0.29, 0.717) is 6.04 Å². The first-order valence-corrected chi connectivity index (χ1v) is 4.06. The van der Waals surface area contributed by atoms with Crippen molar-refractivity contribution in [3.05, 3.63) is 12.2 Å². The molecule has 1 aromatic rings. The fourth-order valence-electron chi connectivity index (χ4n) is 1.39. The highest BCUT2D eigenvalue weighted by molar-refractivity contribution is 4.90. The van der Waals surface area contributed by atoms with Gasteiger partial charge < -0.3 is 10.3 Å². The second kappa shape index (κ2) is 2.84. The Morgan fingerprint density at radius 2 is 2.42 bits per heavy atom. The predicted octanol–water partition coefficient (Wildman–Crippen LogP) is -1.04. The predicted molar refractivity (Wildman–Crippen MR) is 44.3 cm³/mol. The van der Waals surface area contributed by atoms with Gasteiger partial charge in [-0.1, -0.05) is 0 Å². The van der Waals surface area contributed by atoms with E-state index in [4.69, 9.17) is 5.73 Å². The van der Waals surface area contributed by atoms with Gasteiger partial charge >= 0.3 is 0 Å². The van der Waals surface area contributed by atoms with Gasteiger partial charge in [0.05, 0.1) is 6.54 Å². The average molecular weight is 167 g/mol. The van der Waals surface area contributed by atoms with Crippen molar-refractivity contribution < 1.29 is 0 Å². The molecular formula is C7H13N5.